The number of halogens is 7. The summed E-state index contributed by atoms with van der Waals surface area (Å²) in [5, 5.41) is 0. The van der Waals surface area contributed by atoms with E-state index in [1.54, 1.807) is 0 Å². The van der Waals surface area contributed by atoms with E-state index in [0.717, 1.165) is 6.07 Å². The number of hydrogen-bond donors (Lipinski definition) is 0. The Labute approximate surface area is 117 Å². The summed E-state index contributed by atoms with van der Waals surface area (Å²) >= 11 is 1.45. The number of hydrogen-bond acceptors (Lipinski definition) is 2. The molecule has 0 atom stereocenters. The molecule has 0 unspecified atom stereocenters. The minimum atomic E-state index is -5.06. The molecule has 0 saturated heterocycles. The van der Waals surface area contributed by atoms with Gasteiger partial charge in [-0.05, 0) is 41.6 Å². The Hall–Kier alpha value is -0.870. The maximum absolute atomic E-state index is 12.7. The topological polar surface area (TPSA) is 18.5 Å². The molecule has 0 radical (unpaired) electrons. The lowest BCUT2D eigenvalue weighted by Gasteiger charge is -2.17. The molecule has 108 valence electrons. The largest absolute Gasteiger partial charge is 0.573 e. The second kappa shape index (κ2) is 5.63. The first kappa shape index (κ1) is 16.2. The van der Waals surface area contributed by atoms with Crippen LogP contribution in [0.5, 0.6) is 11.5 Å². The zero-order chi connectivity index (χ0) is 14.8. The molecular formula is C10H7F6IO2. The smallest absolute Gasteiger partial charge is 0.492 e. The fourth-order valence-electron chi connectivity index (χ4n) is 1.26. The SMILES string of the molecule is CCOc1c(I)cc(OC(F)(F)F)cc1C(F)(F)F. The number of alkyl halides is 6. The van der Waals surface area contributed by atoms with E-state index in [0.29, 0.717) is 0 Å². The third kappa shape index (κ3) is 4.62. The van der Waals surface area contributed by atoms with Gasteiger partial charge in [-0.1, -0.05) is 0 Å². The van der Waals surface area contributed by atoms with Crippen LogP contribution in [0, 0.1) is 3.57 Å². The maximum Gasteiger partial charge on any atom is 0.573 e. The van der Waals surface area contributed by atoms with Crippen molar-refractivity contribution in [3.63, 3.8) is 0 Å². The molecule has 1 rings (SSSR count). The number of benzene rings is 1. The summed E-state index contributed by atoms with van der Waals surface area (Å²) in [6, 6.07) is 1.09. The van der Waals surface area contributed by atoms with Gasteiger partial charge >= 0.3 is 12.5 Å². The standard InChI is InChI=1S/C10H7F6IO2/c1-2-18-8-6(9(11,12)13)3-5(4-7(8)17)19-10(14,15)16/h3-4H,2H2,1H3. The Morgan fingerprint density at radius 3 is 2.11 bits per heavy atom. The highest BCUT2D eigenvalue weighted by molar-refractivity contribution is 14.1. The van der Waals surface area contributed by atoms with Crippen LogP contribution in [0.15, 0.2) is 12.1 Å². The van der Waals surface area contributed by atoms with Gasteiger partial charge in [-0.25, -0.2) is 0 Å². The van der Waals surface area contributed by atoms with Gasteiger partial charge in [-0.3, -0.25) is 0 Å². The van der Waals surface area contributed by atoms with Crippen LogP contribution in [0.4, 0.5) is 26.3 Å². The van der Waals surface area contributed by atoms with Crippen LogP contribution >= 0.6 is 22.6 Å². The average molecular weight is 400 g/mol. The van der Waals surface area contributed by atoms with Gasteiger partial charge in [-0.15, -0.1) is 13.2 Å². The van der Waals surface area contributed by atoms with E-state index >= 15 is 0 Å². The Bertz CT molecular complexity index is 455. The van der Waals surface area contributed by atoms with Gasteiger partial charge in [0.05, 0.1) is 10.2 Å². The van der Waals surface area contributed by atoms with Crippen molar-refractivity contribution in [2.75, 3.05) is 6.61 Å². The fourth-order valence-corrected chi connectivity index (χ4v) is 2.02. The molecule has 0 spiro atoms. The molecule has 0 fully saturated rings. The molecule has 1 aromatic rings. The molecule has 0 aliphatic rings. The van der Waals surface area contributed by atoms with E-state index in [2.05, 4.69) is 4.74 Å². The molecule has 2 nitrogen and oxygen atoms in total. The second-order valence-electron chi connectivity index (χ2n) is 3.26. The summed E-state index contributed by atoms with van der Waals surface area (Å²) in [6.45, 7) is 1.43. The van der Waals surface area contributed by atoms with Crippen LogP contribution in [-0.4, -0.2) is 13.0 Å². The van der Waals surface area contributed by atoms with Crippen molar-refractivity contribution >= 4 is 22.6 Å². The molecule has 0 heterocycles. The van der Waals surface area contributed by atoms with Crippen LogP contribution in [-0.2, 0) is 6.18 Å². The molecule has 0 bridgehead atoms. The van der Waals surface area contributed by atoms with E-state index in [4.69, 9.17) is 4.74 Å². The Morgan fingerprint density at radius 1 is 1.11 bits per heavy atom. The lowest BCUT2D eigenvalue weighted by Crippen LogP contribution is -2.18. The Kier molecular flexibility index (Phi) is 4.80. The predicted octanol–water partition coefficient (Wildman–Crippen LogP) is 4.61. The highest BCUT2D eigenvalue weighted by Gasteiger charge is 2.38. The van der Waals surface area contributed by atoms with E-state index in [-0.39, 0.29) is 16.2 Å². The van der Waals surface area contributed by atoms with Crippen molar-refractivity contribution in [1.29, 1.82) is 0 Å². The van der Waals surface area contributed by atoms with Crippen molar-refractivity contribution < 1.29 is 35.8 Å². The molecule has 19 heavy (non-hydrogen) atoms. The highest BCUT2D eigenvalue weighted by atomic mass is 127. The molecule has 0 N–H and O–H groups in total. The molecule has 0 amide bonds. The molecule has 9 heteroatoms. The Balaban J connectivity index is 3.31. The molecular weight excluding hydrogens is 393 g/mol. The van der Waals surface area contributed by atoms with Gasteiger partial charge in [-0.2, -0.15) is 13.2 Å². The van der Waals surface area contributed by atoms with E-state index in [1.807, 2.05) is 0 Å². The number of rotatable bonds is 3. The van der Waals surface area contributed by atoms with Crippen LogP contribution in [0.2, 0.25) is 0 Å². The zero-order valence-electron chi connectivity index (χ0n) is 9.32. The first-order valence-corrected chi connectivity index (χ1v) is 5.91. The molecule has 1 aromatic carbocycles. The summed E-state index contributed by atoms with van der Waals surface area (Å²) in [5.74, 6) is -1.45. The summed E-state index contributed by atoms with van der Waals surface area (Å²) in [6.07, 6.45) is -9.89. The highest BCUT2D eigenvalue weighted by Crippen LogP contribution is 2.42. The zero-order valence-corrected chi connectivity index (χ0v) is 11.5. The third-order valence-corrected chi connectivity index (χ3v) is 2.65. The van der Waals surface area contributed by atoms with E-state index < -0.39 is 29.6 Å². The minimum absolute atomic E-state index is 0.0431. The predicted molar refractivity (Wildman–Crippen MR) is 62.0 cm³/mol. The van der Waals surface area contributed by atoms with Gasteiger partial charge in [0.1, 0.15) is 17.1 Å². The van der Waals surface area contributed by atoms with Gasteiger partial charge in [0.2, 0.25) is 0 Å². The molecule has 0 aliphatic carbocycles. The summed E-state index contributed by atoms with van der Waals surface area (Å²) in [4.78, 5) is 0. The monoisotopic (exact) mass is 400 g/mol. The first-order valence-electron chi connectivity index (χ1n) is 4.84. The van der Waals surface area contributed by atoms with Crippen molar-refractivity contribution in [2.24, 2.45) is 0 Å². The van der Waals surface area contributed by atoms with Crippen LogP contribution in [0.3, 0.4) is 0 Å². The summed E-state index contributed by atoms with van der Waals surface area (Å²) < 4.78 is 82.5. The van der Waals surface area contributed by atoms with Gasteiger partial charge in [0.15, 0.2) is 0 Å². The lowest BCUT2D eigenvalue weighted by molar-refractivity contribution is -0.274. The van der Waals surface area contributed by atoms with Crippen molar-refractivity contribution in [2.45, 2.75) is 19.5 Å². The van der Waals surface area contributed by atoms with Gasteiger partial charge in [0, 0.05) is 0 Å². The van der Waals surface area contributed by atoms with Crippen molar-refractivity contribution in [1.82, 2.24) is 0 Å². The first-order chi connectivity index (χ1) is 8.54. The molecule has 0 aromatic heterocycles. The van der Waals surface area contributed by atoms with Crippen LogP contribution in [0.25, 0.3) is 0 Å². The Morgan fingerprint density at radius 2 is 1.68 bits per heavy atom. The summed E-state index contributed by atoms with van der Waals surface area (Å²) in [5.41, 5.74) is -1.31. The van der Waals surface area contributed by atoms with E-state index in [1.165, 1.54) is 29.5 Å². The van der Waals surface area contributed by atoms with Crippen LogP contribution in [0.1, 0.15) is 12.5 Å². The van der Waals surface area contributed by atoms with Gasteiger partial charge < -0.3 is 9.47 Å². The molecule has 0 aliphatic heterocycles. The second-order valence-corrected chi connectivity index (χ2v) is 4.42. The lowest BCUT2D eigenvalue weighted by atomic mass is 10.2. The van der Waals surface area contributed by atoms with E-state index in [9.17, 15) is 26.3 Å². The van der Waals surface area contributed by atoms with Crippen LogP contribution < -0.4 is 9.47 Å². The summed E-state index contributed by atoms with van der Waals surface area (Å²) in [7, 11) is 0. The van der Waals surface area contributed by atoms with Gasteiger partial charge in [0.25, 0.3) is 0 Å². The number of ether oxygens (including phenoxy) is 2. The normalized spacial score (nSPS) is 12.4. The third-order valence-electron chi connectivity index (χ3n) is 1.84. The fraction of sp³-hybridized carbons (Fsp3) is 0.400. The maximum atomic E-state index is 12.7. The minimum Gasteiger partial charge on any atom is -0.492 e. The van der Waals surface area contributed by atoms with Crippen molar-refractivity contribution in [3.05, 3.63) is 21.3 Å². The quantitative estimate of drug-likeness (QED) is 0.545. The average Bonchev–Trinajstić information content (AvgIpc) is 2.17. The molecule has 0 saturated carbocycles. The van der Waals surface area contributed by atoms with Crippen molar-refractivity contribution in [3.8, 4) is 11.5 Å².